The number of piperidine rings is 1. The molecule has 36 heavy (non-hydrogen) atoms. The second-order valence-electron chi connectivity index (χ2n) is 9.12. The molecular weight excluding hydrogens is 495 g/mol. The van der Waals surface area contributed by atoms with E-state index in [1.807, 2.05) is 18.2 Å². The number of aromatic nitrogens is 2. The van der Waals surface area contributed by atoms with Gasteiger partial charge in [-0.2, -0.15) is 13.2 Å². The second-order valence-corrected chi connectivity index (χ2v) is 9.52. The molecule has 2 fully saturated rings. The summed E-state index contributed by atoms with van der Waals surface area (Å²) in [6, 6.07) is 7.23. The van der Waals surface area contributed by atoms with Crippen molar-refractivity contribution in [1.82, 2.24) is 14.9 Å². The number of anilines is 2. The van der Waals surface area contributed by atoms with E-state index in [9.17, 15) is 18.0 Å². The summed E-state index contributed by atoms with van der Waals surface area (Å²) >= 11 is 6.38. The smallest absolute Gasteiger partial charge is 0.381 e. The molecule has 4 heterocycles. The number of amides is 1. The summed E-state index contributed by atoms with van der Waals surface area (Å²) in [6.45, 7) is 1.86. The van der Waals surface area contributed by atoms with Crippen LogP contribution in [0.2, 0.25) is 5.02 Å². The number of nitrogens with one attached hydrogen (secondary N) is 2. The van der Waals surface area contributed by atoms with Gasteiger partial charge in [-0.15, -0.1) is 0 Å². The van der Waals surface area contributed by atoms with E-state index in [-0.39, 0.29) is 12.4 Å². The van der Waals surface area contributed by atoms with Crippen molar-refractivity contribution in [2.45, 2.75) is 31.9 Å². The topological polar surface area (TPSA) is 79.4 Å². The first-order valence-corrected chi connectivity index (χ1v) is 12.4. The monoisotopic (exact) mass is 523 g/mol. The first-order valence-electron chi connectivity index (χ1n) is 12.0. The quantitative estimate of drug-likeness (QED) is 0.488. The Morgan fingerprint density at radius 1 is 1.25 bits per heavy atom. The fraction of sp³-hybridized carbons (Fsp3) is 0.480. The van der Waals surface area contributed by atoms with Crippen LogP contribution in [0.1, 0.15) is 25.7 Å². The summed E-state index contributed by atoms with van der Waals surface area (Å²) in [6.07, 6.45) is 1.72. The van der Waals surface area contributed by atoms with Gasteiger partial charge in [0.15, 0.2) is 0 Å². The molecule has 2 N–H and O–H groups in total. The molecule has 2 aromatic rings. The van der Waals surface area contributed by atoms with Crippen molar-refractivity contribution in [3.8, 4) is 11.3 Å². The minimum atomic E-state index is -4.26. The van der Waals surface area contributed by atoms with Gasteiger partial charge in [0.25, 0.3) is 0 Å². The van der Waals surface area contributed by atoms with E-state index < -0.39 is 18.6 Å². The predicted octanol–water partition coefficient (Wildman–Crippen LogP) is 5.16. The lowest BCUT2D eigenvalue weighted by atomic mass is 10.0. The number of halogens is 4. The lowest BCUT2D eigenvalue weighted by Crippen LogP contribution is -2.38. The number of likely N-dealkylation sites (tertiary alicyclic amines) is 1. The molecule has 0 spiro atoms. The van der Waals surface area contributed by atoms with Crippen molar-refractivity contribution in [2.24, 2.45) is 5.92 Å². The summed E-state index contributed by atoms with van der Waals surface area (Å²) in [5.41, 5.74) is 1.89. The Morgan fingerprint density at radius 2 is 2.06 bits per heavy atom. The molecule has 2 aromatic heterocycles. The fourth-order valence-electron chi connectivity index (χ4n) is 4.42. The van der Waals surface area contributed by atoms with E-state index >= 15 is 0 Å². The van der Waals surface area contributed by atoms with Gasteiger partial charge in [-0.1, -0.05) is 23.2 Å². The largest absolute Gasteiger partial charge is 0.401 e. The van der Waals surface area contributed by atoms with Crippen molar-refractivity contribution in [3.63, 3.8) is 0 Å². The molecule has 2 aliphatic heterocycles. The molecule has 7 nitrogen and oxygen atoms in total. The van der Waals surface area contributed by atoms with Crippen LogP contribution < -0.4 is 10.6 Å². The molecular formula is C25H29ClF3N5O2. The highest BCUT2D eigenvalue weighted by molar-refractivity contribution is 6.33. The molecule has 0 aliphatic carbocycles. The number of hydrogen-bond donors (Lipinski definition) is 2. The zero-order valence-electron chi connectivity index (χ0n) is 19.8. The first kappa shape index (κ1) is 26.4. The molecule has 0 unspecified atom stereocenters. The number of nitrogens with zero attached hydrogens (tertiary/aromatic N) is 3. The van der Waals surface area contributed by atoms with Gasteiger partial charge < -0.3 is 15.4 Å². The number of hydrogen-bond acceptors (Lipinski definition) is 6. The Labute approximate surface area is 213 Å². The molecule has 194 valence electrons. The van der Waals surface area contributed by atoms with Crippen molar-refractivity contribution in [1.29, 1.82) is 0 Å². The molecule has 1 amide bonds. The maximum absolute atomic E-state index is 12.7. The molecule has 2 saturated heterocycles. The molecule has 0 atom stereocenters. The summed E-state index contributed by atoms with van der Waals surface area (Å²) < 4.78 is 43.5. The zero-order chi connectivity index (χ0) is 25.5. The number of rotatable bonds is 7. The molecule has 4 rings (SSSR count). The summed E-state index contributed by atoms with van der Waals surface area (Å²) in [4.78, 5) is 22.7. The minimum absolute atomic E-state index is 0.115. The van der Waals surface area contributed by atoms with Gasteiger partial charge in [0.2, 0.25) is 5.91 Å². The lowest BCUT2D eigenvalue weighted by molar-refractivity contribution is -0.146. The fourth-order valence-corrected chi connectivity index (χ4v) is 4.62. The number of pyridine rings is 2. The normalized spacial score (nSPS) is 18.8. The van der Waals surface area contributed by atoms with Crippen molar-refractivity contribution < 1.29 is 22.7 Å². The summed E-state index contributed by atoms with van der Waals surface area (Å²) in [5.74, 6) is 1.10. The average Bonchev–Trinajstić information content (AvgIpc) is 2.84. The van der Waals surface area contributed by atoms with Crippen LogP contribution in [0.4, 0.5) is 24.8 Å². The number of alkyl halides is 3. The number of ether oxygens (including phenoxy) is 1. The van der Waals surface area contributed by atoms with E-state index in [1.165, 1.54) is 17.2 Å². The van der Waals surface area contributed by atoms with Gasteiger partial charge in [0.05, 0.1) is 17.3 Å². The Balaban J connectivity index is 1.40. The third-order valence-electron chi connectivity index (χ3n) is 6.18. The number of carbonyl (C=O) groups is 1. The molecule has 0 saturated carbocycles. The Kier molecular flexibility index (Phi) is 8.81. The van der Waals surface area contributed by atoms with Gasteiger partial charge >= 0.3 is 6.18 Å². The zero-order valence-corrected chi connectivity index (χ0v) is 20.5. The van der Waals surface area contributed by atoms with Crippen LogP contribution >= 0.6 is 11.6 Å². The third-order valence-corrected chi connectivity index (χ3v) is 6.48. The SMILES string of the molecule is O=C(C=C1CCCN(CC(F)(F)F)C1)Nc1cc(-c2cccc(NCC3CCOCC3)n2)c(Cl)cn1. The third kappa shape index (κ3) is 7.91. The van der Waals surface area contributed by atoms with Crippen molar-refractivity contribution >= 4 is 29.1 Å². The van der Waals surface area contributed by atoms with E-state index in [4.69, 9.17) is 16.3 Å². The van der Waals surface area contributed by atoms with Crippen LogP contribution in [0.5, 0.6) is 0 Å². The average molecular weight is 524 g/mol. The van der Waals surface area contributed by atoms with Gasteiger partial charge in [-0.05, 0) is 56.3 Å². The van der Waals surface area contributed by atoms with Crippen LogP contribution in [0.3, 0.4) is 0 Å². The van der Waals surface area contributed by atoms with Crippen LogP contribution in [-0.2, 0) is 9.53 Å². The van der Waals surface area contributed by atoms with Crippen molar-refractivity contribution in [2.75, 3.05) is 50.0 Å². The predicted molar refractivity (Wildman–Crippen MR) is 133 cm³/mol. The Hall–Kier alpha value is -2.69. The highest BCUT2D eigenvalue weighted by atomic mass is 35.5. The van der Waals surface area contributed by atoms with Crippen LogP contribution in [0, 0.1) is 5.92 Å². The summed E-state index contributed by atoms with van der Waals surface area (Å²) in [7, 11) is 0. The maximum Gasteiger partial charge on any atom is 0.401 e. The van der Waals surface area contributed by atoms with Gasteiger partial charge in [-0.3, -0.25) is 9.69 Å². The molecule has 11 heteroatoms. The first-order chi connectivity index (χ1) is 17.2. The van der Waals surface area contributed by atoms with Crippen LogP contribution in [-0.4, -0.2) is 66.3 Å². The Bertz CT molecular complexity index is 1090. The second kappa shape index (κ2) is 12.0. The maximum atomic E-state index is 12.7. The van der Waals surface area contributed by atoms with Crippen LogP contribution in [0.25, 0.3) is 11.3 Å². The van der Waals surface area contributed by atoms with E-state index in [2.05, 4.69) is 20.6 Å². The molecule has 2 aliphatic rings. The molecule has 0 aromatic carbocycles. The standard InChI is InChI=1S/C25H29ClF3N5O2/c26-20-14-31-23(33-24(35)11-18-3-2-8-34(15-18)16-25(27,28)29)12-19(20)21-4-1-5-22(32-21)30-13-17-6-9-36-10-7-17/h1,4-5,11-12,14,17H,2-3,6-10,13,15-16H2,(H,30,32)(H,31,33,35). The Morgan fingerprint density at radius 3 is 2.83 bits per heavy atom. The minimum Gasteiger partial charge on any atom is -0.381 e. The van der Waals surface area contributed by atoms with E-state index in [1.54, 1.807) is 6.07 Å². The highest BCUT2D eigenvalue weighted by Crippen LogP contribution is 2.29. The molecule has 0 bridgehead atoms. The van der Waals surface area contributed by atoms with E-state index in [0.29, 0.717) is 47.2 Å². The lowest BCUT2D eigenvalue weighted by Gasteiger charge is -2.29. The highest BCUT2D eigenvalue weighted by Gasteiger charge is 2.32. The number of carbonyl (C=O) groups excluding carboxylic acids is 1. The van der Waals surface area contributed by atoms with Gasteiger partial charge in [-0.25, -0.2) is 9.97 Å². The van der Waals surface area contributed by atoms with Crippen LogP contribution in [0.15, 0.2) is 42.1 Å². The van der Waals surface area contributed by atoms with E-state index in [0.717, 1.165) is 38.4 Å². The van der Waals surface area contributed by atoms with Gasteiger partial charge in [0, 0.05) is 44.1 Å². The van der Waals surface area contributed by atoms with Gasteiger partial charge in [0.1, 0.15) is 11.6 Å². The summed E-state index contributed by atoms with van der Waals surface area (Å²) in [5, 5.41) is 6.45. The molecule has 0 radical (unpaired) electrons. The van der Waals surface area contributed by atoms with Crippen molar-refractivity contribution in [3.05, 3.63) is 47.1 Å².